The van der Waals surface area contributed by atoms with Crippen LogP contribution in [0.25, 0.3) is 0 Å². The lowest BCUT2D eigenvalue weighted by Crippen LogP contribution is -2.35. The number of rotatable bonds is 3. The molecule has 1 aliphatic carbocycles. The van der Waals surface area contributed by atoms with Crippen LogP contribution in [-0.2, 0) is 5.41 Å². The molecule has 0 aromatic heterocycles. The van der Waals surface area contributed by atoms with Gasteiger partial charge in [-0.15, -0.1) is 0 Å². The molecule has 1 heteroatoms. The van der Waals surface area contributed by atoms with Crippen molar-refractivity contribution in [3.63, 3.8) is 0 Å². The van der Waals surface area contributed by atoms with Crippen LogP contribution in [0.1, 0.15) is 66.0 Å². The fraction of sp³-hybridized carbons (Fsp3) is 0.500. The van der Waals surface area contributed by atoms with Gasteiger partial charge in [-0.05, 0) is 27.9 Å². The molecule has 0 spiro atoms. The monoisotopic (exact) mass is 352 g/mol. The first kappa shape index (κ1) is 18.7. The summed E-state index contributed by atoms with van der Waals surface area (Å²) >= 11 is 0. The van der Waals surface area contributed by atoms with Crippen LogP contribution in [0.4, 0.5) is 0 Å². The molecule has 3 rings (SSSR count). The standard InChI is InChI=1S/C24H33P/c1-21(2,3)25(22(4,5)6)23(7)18-24(23,19-14-10-8-11-15-19)20-16-12-9-13-17-20/h8-17H,18H2,1-7H3/t23-/m1/s1. The van der Waals surface area contributed by atoms with Crippen LogP contribution in [0.2, 0.25) is 0 Å². The van der Waals surface area contributed by atoms with Gasteiger partial charge in [0, 0.05) is 10.6 Å². The van der Waals surface area contributed by atoms with Gasteiger partial charge in [0.05, 0.1) is 0 Å². The molecule has 0 nitrogen and oxygen atoms in total. The van der Waals surface area contributed by atoms with Crippen molar-refractivity contribution in [2.45, 2.75) is 75.8 Å². The van der Waals surface area contributed by atoms with E-state index in [0.29, 0.717) is 15.5 Å². The average molecular weight is 353 g/mol. The molecule has 0 bridgehead atoms. The SMILES string of the molecule is CC(C)(C)P(C(C)(C)C)[C@]1(C)CC1(c1ccccc1)c1ccccc1. The summed E-state index contributed by atoms with van der Waals surface area (Å²) in [7, 11) is -0.208. The molecule has 0 amide bonds. The minimum absolute atomic E-state index is 0.155. The smallest absolute Gasteiger partial charge is 0.0305 e. The summed E-state index contributed by atoms with van der Waals surface area (Å²) < 4.78 is 0. The Morgan fingerprint density at radius 3 is 1.36 bits per heavy atom. The summed E-state index contributed by atoms with van der Waals surface area (Å²) in [6.07, 6.45) is 1.26. The van der Waals surface area contributed by atoms with Crippen LogP contribution in [0, 0.1) is 0 Å². The van der Waals surface area contributed by atoms with E-state index in [0.717, 1.165) is 0 Å². The molecule has 0 radical (unpaired) electrons. The molecular formula is C24H33P. The molecule has 1 atom stereocenters. The van der Waals surface area contributed by atoms with E-state index in [9.17, 15) is 0 Å². The summed E-state index contributed by atoms with van der Waals surface area (Å²) in [6.45, 7) is 17.3. The topological polar surface area (TPSA) is 0 Å². The van der Waals surface area contributed by atoms with Crippen molar-refractivity contribution in [1.29, 1.82) is 0 Å². The van der Waals surface area contributed by atoms with Gasteiger partial charge in [0.1, 0.15) is 0 Å². The quantitative estimate of drug-likeness (QED) is 0.512. The average Bonchev–Trinajstić information content (AvgIpc) is 3.13. The lowest BCUT2D eigenvalue weighted by Gasteiger charge is -2.48. The van der Waals surface area contributed by atoms with Gasteiger partial charge >= 0.3 is 0 Å². The minimum Gasteiger partial charge on any atom is -0.0883 e. The maximum atomic E-state index is 2.56. The molecule has 2 aromatic carbocycles. The molecule has 1 fully saturated rings. The van der Waals surface area contributed by atoms with Gasteiger partial charge in [-0.2, -0.15) is 0 Å². The highest BCUT2D eigenvalue weighted by Gasteiger charge is 2.71. The lowest BCUT2D eigenvalue weighted by atomic mass is 9.86. The number of benzene rings is 2. The second-order valence-corrected chi connectivity index (χ2v) is 14.1. The van der Waals surface area contributed by atoms with E-state index in [2.05, 4.69) is 109 Å². The molecule has 0 N–H and O–H groups in total. The van der Waals surface area contributed by atoms with Crippen LogP contribution in [0.3, 0.4) is 0 Å². The predicted molar refractivity (Wildman–Crippen MR) is 113 cm³/mol. The van der Waals surface area contributed by atoms with Crippen LogP contribution < -0.4 is 0 Å². The van der Waals surface area contributed by atoms with Crippen molar-refractivity contribution in [2.75, 3.05) is 0 Å². The largest absolute Gasteiger partial charge is 0.0883 e. The van der Waals surface area contributed by atoms with Crippen molar-refractivity contribution < 1.29 is 0 Å². The summed E-state index contributed by atoms with van der Waals surface area (Å²) in [6, 6.07) is 22.5. The van der Waals surface area contributed by atoms with Crippen molar-refractivity contribution in [3.05, 3.63) is 71.8 Å². The van der Waals surface area contributed by atoms with Crippen molar-refractivity contribution in [2.24, 2.45) is 0 Å². The molecular weight excluding hydrogens is 319 g/mol. The summed E-state index contributed by atoms with van der Waals surface area (Å²) in [5.74, 6) is 0. The van der Waals surface area contributed by atoms with E-state index < -0.39 is 0 Å². The summed E-state index contributed by atoms with van der Waals surface area (Å²) in [4.78, 5) is 0. The highest BCUT2D eigenvalue weighted by molar-refractivity contribution is 7.63. The molecule has 25 heavy (non-hydrogen) atoms. The Hall–Kier alpha value is -1.13. The predicted octanol–water partition coefficient (Wildman–Crippen LogP) is 7.21. The number of hydrogen-bond acceptors (Lipinski definition) is 0. The Balaban J connectivity index is 2.20. The molecule has 0 aliphatic heterocycles. The molecule has 1 aliphatic rings. The molecule has 0 unspecified atom stereocenters. The molecule has 0 heterocycles. The van der Waals surface area contributed by atoms with E-state index in [1.165, 1.54) is 17.5 Å². The molecule has 2 aromatic rings. The van der Waals surface area contributed by atoms with Gasteiger partial charge in [0.2, 0.25) is 0 Å². The van der Waals surface area contributed by atoms with Gasteiger partial charge in [-0.1, -0.05) is 117 Å². The van der Waals surface area contributed by atoms with Gasteiger partial charge in [0.15, 0.2) is 0 Å². The van der Waals surface area contributed by atoms with E-state index in [4.69, 9.17) is 0 Å². The van der Waals surface area contributed by atoms with Gasteiger partial charge in [0.25, 0.3) is 0 Å². The van der Waals surface area contributed by atoms with Crippen molar-refractivity contribution >= 4 is 7.92 Å². The van der Waals surface area contributed by atoms with Gasteiger partial charge < -0.3 is 0 Å². The second-order valence-electron chi connectivity index (χ2n) is 9.77. The first-order valence-electron chi connectivity index (χ1n) is 9.45. The van der Waals surface area contributed by atoms with Crippen molar-refractivity contribution in [3.8, 4) is 0 Å². The van der Waals surface area contributed by atoms with E-state index in [1.807, 2.05) is 0 Å². The third-order valence-electron chi connectivity index (χ3n) is 5.77. The molecule has 134 valence electrons. The Morgan fingerprint density at radius 1 is 0.680 bits per heavy atom. The first-order chi connectivity index (χ1) is 11.5. The van der Waals surface area contributed by atoms with Gasteiger partial charge in [-0.3, -0.25) is 0 Å². The maximum absolute atomic E-state index is 2.56. The van der Waals surface area contributed by atoms with E-state index >= 15 is 0 Å². The Morgan fingerprint density at radius 2 is 1.04 bits per heavy atom. The Labute approximate surface area is 155 Å². The Bertz CT molecular complexity index is 665. The third-order valence-corrected chi connectivity index (χ3v) is 9.98. The number of hydrogen-bond donors (Lipinski definition) is 0. The van der Waals surface area contributed by atoms with Crippen LogP contribution in [0.5, 0.6) is 0 Å². The zero-order chi connectivity index (χ0) is 18.5. The fourth-order valence-corrected chi connectivity index (χ4v) is 11.7. The molecule has 1 saturated carbocycles. The van der Waals surface area contributed by atoms with Crippen LogP contribution >= 0.6 is 7.92 Å². The van der Waals surface area contributed by atoms with Crippen molar-refractivity contribution in [1.82, 2.24) is 0 Å². The second kappa shape index (κ2) is 5.95. The Kier molecular flexibility index (Phi) is 4.44. The van der Waals surface area contributed by atoms with Crippen LogP contribution in [0.15, 0.2) is 60.7 Å². The van der Waals surface area contributed by atoms with Crippen LogP contribution in [-0.4, -0.2) is 15.5 Å². The summed E-state index contributed by atoms with van der Waals surface area (Å²) in [5, 5.41) is 0.975. The first-order valence-corrected chi connectivity index (χ1v) is 10.8. The zero-order valence-corrected chi connectivity index (χ0v) is 17.8. The zero-order valence-electron chi connectivity index (χ0n) is 16.9. The maximum Gasteiger partial charge on any atom is 0.0305 e. The minimum atomic E-state index is -0.208. The van der Waals surface area contributed by atoms with E-state index in [-0.39, 0.29) is 13.3 Å². The normalized spacial score (nSPS) is 22.9. The summed E-state index contributed by atoms with van der Waals surface area (Å²) in [5.41, 5.74) is 3.14. The third kappa shape index (κ3) is 2.97. The molecule has 0 saturated heterocycles. The lowest BCUT2D eigenvalue weighted by molar-refractivity contribution is 0.661. The fourth-order valence-electron chi connectivity index (χ4n) is 5.67. The highest BCUT2D eigenvalue weighted by Crippen LogP contribution is 2.83. The highest BCUT2D eigenvalue weighted by atomic mass is 31.1. The van der Waals surface area contributed by atoms with Gasteiger partial charge in [-0.25, -0.2) is 0 Å². The van der Waals surface area contributed by atoms with E-state index in [1.54, 1.807) is 0 Å².